The van der Waals surface area contributed by atoms with Crippen LogP contribution in [0.2, 0.25) is 0 Å². The third-order valence-electron chi connectivity index (χ3n) is 0.407. The summed E-state index contributed by atoms with van der Waals surface area (Å²) < 4.78 is 0. The van der Waals surface area contributed by atoms with Gasteiger partial charge in [-0.2, -0.15) is 0 Å². The van der Waals surface area contributed by atoms with Crippen molar-refractivity contribution in [1.29, 1.82) is 0 Å². The summed E-state index contributed by atoms with van der Waals surface area (Å²) in [5, 5.41) is 9.62. The van der Waals surface area contributed by atoms with Crippen molar-refractivity contribution in [3.63, 3.8) is 0 Å². The van der Waals surface area contributed by atoms with Gasteiger partial charge in [0.05, 0.1) is 5.97 Å². The number of carbonyl (C=O) groups excluding carboxylic acids is 1. The summed E-state index contributed by atoms with van der Waals surface area (Å²) in [5.41, 5.74) is 0.750. The predicted octanol–water partition coefficient (Wildman–Crippen LogP) is -0.298. The van der Waals surface area contributed by atoms with Gasteiger partial charge in [0.1, 0.15) is 0 Å². The molecule has 2 nitrogen and oxygen atoms in total. The van der Waals surface area contributed by atoms with E-state index in [2.05, 4.69) is 0 Å². The first-order valence-corrected chi connectivity index (χ1v) is 1.99. The van der Waals surface area contributed by atoms with Gasteiger partial charge >= 0.3 is 0 Å². The largest absolute Gasteiger partial charge is 0.545 e. The summed E-state index contributed by atoms with van der Waals surface area (Å²) in [5.74, 6) is -1.12. The molecular weight excluding hydrogens is 92.1 g/mol. The lowest BCUT2D eigenvalue weighted by Gasteiger charge is -1.89. The van der Waals surface area contributed by atoms with Crippen molar-refractivity contribution < 1.29 is 9.90 Å². The summed E-state index contributed by atoms with van der Waals surface area (Å²) in [7, 11) is 0. The second kappa shape index (κ2) is 2.39. The SMILES string of the molecule is CC(C)=CC(=O)[O-]. The highest BCUT2D eigenvalue weighted by atomic mass is 16.4. The van der Waals surface area contributed by atoms with Gasteiger partial charge in [0.2, 0.25) is 0 Å². The quantitative estimate of drug-likeness (QED) is 0.423. The van der Waals surface area contributed by atoms with Crippen molar-refractivity contribution in [3.8, 4) is 0 Å². The first-order chi connectivity index (χ1) is 3.13. The van der Waals surface area contributed by atoms with E-state index >= 15 is 0 Å². The van der Waals surface area contributed by atoms with Gasteiger partial charge < -0.3 is 9.90 Å². The van der Waals surface area contributed by atoms with Crippen LogP contribution in [0.5, 0.6) is 0 Å². The van der Waals surface area contributed by atoms with Crippen LogP contribution in [0, 0.1) is 0 Å². The Balaban J connectivity index is 3.68. The molecule has 0 spiro atoms. The maximum absolute atomic E-state index is 9.62. The molecule has 0 rings (SSSR count). The first kappa shape index (κ1) is 6.21. The van der Waals surface area contributed by atoms with E-state index in [0.29, 0.717) is 0 Å². The molecule has 0 bridgehead atoms. The Labute approximate surface area is 42.5 Å². The number of hydrogen-bond donors (Lipinski definition) is 0. The lowest BCUT2D eigenvalue weighted by Crippen LogP contribution is -2.19. The molecule has 0 heterocycles. The van der Waals surface area contributed by atoms with Gasteiger partial charge in [-0.25, -0.2) is 0 Å². The van der Waals surface area contributed by atoms with Crippen LogP contribution >= 0.6 is 0 Å². The average molecular weight is 99.1 g/mol. The second-order valence-electron chi connectivity index (χ2n) is 1.54. The van der Waals surface area contributed by atoms with Crippen LogP contribution in [0.4, 0.5) is 0 Å². The van der Waals surface area contributed by atoms with Crippen LogP contribution < -0.4 is 5.11 Å². The third-order valence-corrected chi connectivity index (χ3v) is 0.407. The monoisotopic (exact) mass is 99.0 g/mol. The Morgan fingerprint density at radius 3 is 2.00 bits per heavy atom. The van der Waals surface area contributed by atoms with Crippen LogP contribution in [-0.4, -0.2) is 5.97 Å². The minimum absolute atomic E-state index is 0.750. The van der Waals surface area contributed by atoms with Gasteiger partial charge in [0.15, 0.2) is 0 Å². The summed E-state index contributed by atoms with van der Waals surface area (Å²) in [4.78, 5) is 9.62. The average Bonchev–Trinajstić information content (AvgIpc) is 1.27. The molecule has 0 aliphatic carbocycles. The second-order valence-corrected chi connectivity index (χ2v) is 1.54. The van der Waals surface area contributed by atoms with E-state index in [9.17, 15) is 9.90 Å². The smallest absolute Gasteiger partial charge is 0.0642 e. The fourth-order valence-corrected chi connectivity index (χ4v) is 0.236. The molecule has 0 N–H and O–H groups in total. The van der Waals surface area contributed by atoms with Crippen molar-refractivity contribution in [1.82, 2.24) is 0 Å². The summed E-state index contributed by atoms with van der Waals surface area (Å²) in [6.07, 6.45) is 1.06. The molecule has 0 amide bonds. The minimum atomic E-state index is -1.12. The van der Waals surface area contributed by atoms with E-state index in [1.54, 1.807) is 13.8 Å². The summed E-state index contributed by atoms with van der Waals surface area (Å²) >= 11 is 0. The number of rotatable bonds is 1. The number of carboxylic acid groups (broad SMARTS) is 1. The van der Waals surface area contributed by atoms with E-state index in [1.807, 2.05) is 0 Å². The van der Waals surface area contributed by atoms with E-state index < -0.39 is 5.97 Å². The molecule has 0 radical (unpaired) electrons. The third kappa shape index (κ3) is 5.21. The topological polar surface area (TPSA) is 40.1 Å². The summed E-state index contributed by atoms with van der Waals surface area (Å²) in [6.45, 7) is 3.41. The number of aliphatic carboxylic acids is 1. The summed E-state index contributed by atoms with van der Waals surface area (Å²) in [6, 6.07) is 0. The maximum atomic E-state index is 9.62. The van der Waals surface area contributed by atoms with Crippen molar-refractivity contribution in [2.45, 2.75) is 13.8 Å². The van der Waals surface area contributed by atoms with Gasteiger partial charge in [-0.1, -0.05) is 5.57 Å². The van der Waals surface area contributed by atoms with Crippen LogP contribution in [0.3, 0.4) is 0 Å². The van der Waals surface area contributed by atoms with E-state index in [1.165, 1.54) is 0 Å². The van der Waals surface area contributed by atoms with E-state index in [-0.39, 0.29) is 0 Å². The van der Waals surface area contributed by atoms with Gasteiger partial charge in [0.25, 0.3) is 0 Å². The van der Waals surface area contributed by atoms with E-state index in [0.717, 1.165) is 11.6 Å². The molecule has 0 fully saturated rings. The van der Waals surface area contributed by atoms with Crippen LogP contribution in [0.15, 0.2) is 11.6 Å². The fourth-order valence-electron chi connectivity index (χ4n) is 0.236. The molecule has 0 aromatic carbocycles. The van der Waals surface area contributed by atoms with Crippen molar-refractivity contribution in [3.05, 3.63) is 11.6 Å². The highest BCUT2D eigenvalue weighted by Crippen LogP contribution is 1.83. The molecule has 40 valence electrons. The molecule has 0 aromatic heterocycles. The molecule has 0 aliphatic heterocycles. The Hall–Kier alpha value is -0.790. The molecule has 7 heavy (non-hydrogen) atoms. The Kier molecular flexibility index (Phi) is 2.12. The molecular formula is C5H7O2-. The Morgan fingerprint density at radius 1 is 1.57 bits per heavy atom. The van der Waals surface area contributed by atoms with Gasteiger partial charge in [-0.05, 0) is 19.9 Å². The maximum Gasteiger partial charge on any atom is 0.0642 e. The van der Waals surface area contributed by atoms with Crippen LogP contribution in [-0.2, 0) is 4.79 Å². The predicted molar refractivity (Wildman–Crippen MR) is 24.4 cm³/mol. The van der Waals surface area contributed by atoms with Gasteiger partial charge in [0, 0.05) is 0 Å². The number of carboxylic acids is 1. The number of hydrogen-bond acceptors (Lipinski definition) is 2. The van der Waals surface area contributed by atoms with Crippen LogP contribution in [0.1, 0.15) is 13.8 Å². The number of carbonyl (C=O) groups is 1. The van der Waals surface area contributed by atoms with Gasteiger partial charge in [-0.15, -0.1) is 0 Å². The molecule has 0 saturated heterocycles. The molecule has 0 aromatic rings. The molecule has 0 aliphatic rings. The fraction of sp³-hybridized carbons (Fsp3) is 0.400. The zero-order valence-corrected chi connectivity index (χ0v) is 4.39. The number of allylic oxidation sites excluding steroid dienone is 1. The zero-order valence-electron chi connectivity index (χ0n) is 4.39. The zero-order chi connectivity index (χ0) is 5.86. The van der Waals surface area contributed by atoms with Crippen molar-refractivity contribution in [2.24, 2.45) is 0 Å². The lowest BCUT2D eigenvalue weighted by molar-refractivity contribution is -0.297. The Bertz CT molecular complexity index is 98.6. The normalized spacial score (nSPS) is 7.71. The standard InChI is InChI=1S/C5H8O2/c1-4(2)3-5(6)7/h3H,1-2H3,(H,6,7)/p-1. The highest BCUT2D eigenvalue weighted by Gasteiger charge is 1.72. The van der Waals surface area contributed by atoms with Crippen LogP contribution in [0.25, 0.3) is 0 Å². The molecule has 0 atom stereocenters. The molecule has 0 saturated carbocycles. The highest BCUT2D eigenvalue weighted by molar-refractivity contribution is 5.78. The lowest BCUT2D eigenvalue weighted by atomic mass is 10.3. The van der Waals surface area contributed by atoms with Gasteiger partial charge in [-0.3, -0.25) is 0 Å². The van der Waals surface area contributed by atoms with Crippen molar-refractivity contribution in [2.75, 3.05) is 0 Å². The van der Waals surface area contributed by atoms with Crippen molar-refractivity contribution >= 4 is 5.97 Å². The molecule has 2 heteroatoms. The Morgan fingerprint density at radius 2 is 2.00 bits per heavy atom. The minimum Gasteiger partial charge on any atom is -0.545 e. The first-order valence-electron chi connectivity index (χ1n) is 1.99. The van der Waals surface area contributed by atoms with E-state index in [4.69, 9.17) is 0 Å². The molecule has 0 unspecified atom stereocenters.